The lowest BCUT2D eigenvalue weighted by atomic mass is 10.0. The van der Waals surface area contributed by atoms with E-state index in [1.165, 1.54) is 9.87 Å². The van der Waals surface area contributed by atoms with Gasteiger partial charge in [-0.25, -0.2) is 8.42 Å². The number of nitrogens with zero attached hydrogens (tertiary/aromatic N) is 1. The van der Waals surface area contributed by atoms with Gasteiger partial charge in [-0.1, -0.05) is 26.0 Å². The van der Waals surface area contributed by atoms with Crippen molar-refractivity contribution in [2.75, 3.05) is 13.1 Å². The van der Waals surface area contributed by atoms with Gasteiger partial charge in [-0.3, -0.25) is 0 Å². The Morgan fingerprint density at radius 1 is 1.30 bits per heavy atom. The van der Waals surface area contributed by atoms with Crippen molar-refractivity contribution in [1.29, 1.82) is 0 Å². The molecular formula is C15H24N2O2S. The van der Waals surface area contributed by atoms with E-state index in [0.29, 0.717) is 23.9 Å². The first kappa shape index (κ1) is 15.5. The number of nitrogens with two attached hydrogens (primary N) is 1. The maximum absolute atomic E-state index is 12.5. The minimum Gasteiger partial charge on any atom is -0.327 e. The van der Waals surface area contributed by atoms with E-state index >= 15 is 0 Å². The molecule has 0 aromatic heterocycles. The van der Waals surface area contributed by atoms with Crippen molar-refractivity contribution in [3.8, 4) is 0 Å². The highest BCUT2D eigenvalue weighted by molar-refractivity contribution is 7.89. The Morgan fingerprint density at radius 2 is 1.95 bits per heavy atom. The highest BCUT2D eigenvalue weighted by Gasteiger charge is 2.28. The van der Waals surface area contributed by atoms with Gasteiger partial charge in [-0.05, 0) is 42.9 Å². The molecule has 0 bridgehead atoms. The summed E-state index contributed by atoms with van der Waals surface area (Å²) in [6.07, 6.45) is 2.71. The van der Waals surface area contributed by atoms with Gasteiger partial charge in [0.15, 0.2) is 0 Å². The Bertz CT molecular complexity index is 537. The summed E-state index contributed by atoms with van der Waals surface area (Å²) >= 11 is 0. The molecule has 1 heterocycles. The molecule has 1 atom stereocenters. The molecule has 1 aliphatic rings. The van der Waals surface area contributed by atoms with Gasteiger partial charge in [0, 0.05) is 19.1 Å². The Hall–Kier alpha value is -0.910. The van der Waals surface area contributed by atoms with Crippen LogP contribution in [0.25, 0.3) is 0 Å². The van der Waals surface area contributed by atoms with Crippen molar-refractivity contribution in [2.45, 2.75) is 44.0 Å². The van der Waals surface area contributed by atoms with Gasteiger partial charge in [-0.2, -0.15) is 4.31 Å². The maximum Gasteiger partial charge on any atom is 0.243 e. The van der Waals surface area contributed by atoms with Crippen molar-refractivity contribution in [3.05, 3.63) is 29.8 Å². The number of sulfonamides is 1. The fraction of sp³-hybridized carbons (Fsp3) is 0.600. The lowest BCUT2D eigenvalue weighted by Crippen LogP contribution is -2.45. The molecule has 1 saturated heterocycles. The van der Waals surface area contributed by atoms with Crippen LogP contribution in [0.4, 0.5) is 0 Å². The van der Waals surface area contributed by atoms with Crippen molar-refractivity contribution in [3.63, 3.8) is 0 Å². The highest BCUT2D eigenvalue weighted by atomic mass is 32.2. The summed E-state index contributed by atoms with van der Waals surface area (Å²) in [5.74, 6) is 0.567. The van der Waals surface area contributed by atoms with Crippen LogP contribution in [-0.2, 0) is 16.4 Å². The summed E-state index contributed by atoms with van der Waals surface area (Å²) in [5, 5.41) is 0. The molecular weight excluding hydrogens is 272 g/mol. The lowest BCUT2D eigenvalue weighted by Gasteiger charge is -2.29. The van der Waals surface area contributed by atoms with E-state index < -0.39 is 10.0 Å². The average Bonchev–Trinajstić information content (AvgIpc) is 2.38. The van der Waals surface area contributed by atoms with Gasteiger partial charge >= 0.3 is 0 Å². The quantitative estimate of drug-likeness (QED) is 0.924. The van der Waals surface area contributed by atoms with E-state index in [9.17, 15) is 8.42 Å². The molecule has 2 rings (SSSR count). The third kappa shape index (κ3) is 3.59. The van der Waals surface area contributed by atoms with Gasteiger partial charge in [0.1, 0.15) is 0 Å². The molecule has 0 spiro atoms. The third-order valence-corrected chi connectivity index (χ3v) is 5.51. The molecule has 1 aliphatic heterocycles. The van der Waals surface area contributed by atoms with Crippen molar-refractivity contribution >= 4 is 10.0 Å². The zero-order valence-electron chi connectivity index (χ0n) is 12.2. The summed E-state index contributed by atoms with van der Waals surface area (Å²) in [4.78, 5) is 0.374. The van der Waals surface area contributed by atoms with Gasteiger partial charge in [-0.15, -0.1) is 0 Å². The second kappa shape index (κ2) is 6.24. The first-order valence-corrected chi connectivity index (χ1v) is 8.68. The zero-order chi connectivity index (χ0) is 14.8. The number of hydrogen-bond donors (Lipinski definition) is 1. The van der Waals surface area contributed by atoms with E-state index in [2.05, 4.69) is 13.8 Å². The van der Waals surface area contributed by atoms with Gasteiger partial charge in [0.05, 0.1) is 4.90 Å². The second-order valence-electron chi connectivity index (χ2n) is 6.01. The summed E-state index contributed by atoms with van der Waals surface area (Å²) in [6, 6.07) is 7.21. The molecule has 1 unspecified atom stereocenters. The van der Waals surface area contributed by atoms with Crippen LogP contribution in [-0.4, -0.2) is 31.9 Å². The van der Waals surface area contributed by atoms with E-state index in [-0.39, 0.29) is 6.04 Å². The van der Waals surface area contributed by atoms with Gasteiger partial charge in [0.2, 0.25) is 10.0 Å². The van der Waals surface area contributed by atoms with Crippen molar-refractivity contribution < 1.29 is 8.42 Å². The standard InChI is InChI=1S/C15H24N2O2S/c1-12(2)10-13-5-7-15(8-6-13)20(18,19)17-9-3-4-14(16)11-17/h5-8,12,14H,3-4,9-11,16H2,1-2H3. The molecule has 1 aromatic carbocycles. The van der Waals surface area contributed by atoms with E-state index in [1.807, 2.05) is 12.1 Å². The molecule has 1 aromatic rings. The molecule has 0 aliphatic carbocycles. The summed E-state index contributed by atoms with van der Waals surface area (Å²) < 4.78 is 26.6. The summed E-state index contributed by atoms with van der Waals surface area (Å²) in [5.41, 5.74) is 7.05. The minimum atomic E-state index is -3.39. The molecule has 0 amide bonds. The second-order valence-corrected chi connectivity index (χ2v) is 7.95. The Labute approximate surface area is 122 Å². The number of rotatable bonds is 4. The van der Waals surface area contributed by atoms with Gasteiger partial charge in [0.25, 0.3) is 0 Å². The monoisotopic (exact) mass is 296 g/mol. The smallest absolute Gasteiger partial charge is 0.243 e. The van der Waals surface area contributed by atoms with Crippen LogP contribution in [0.1, 0.15) is 32.3 Å². The number of hydrogen-bond acceptors (Lipinski definition) is 3. The predicted octanol–water partition coefficient (Wildman–Crippen LogP) is 2.00. The molecule has 1 fully saturated rings. The van der Waals surface area contributed by atoms with Crippen LogP contribution in [0.2, 0.25) is 0 Å². The molecule has 0 saturated carbocycles. The van der Waals surface area contributed by atoms with Crippen LogP contribution in [0.15, 0.2) is 29.2 Å². The molecule has 112 valence electrons. The number of benzene rings is 1. The van der Waals surface area contributed by atoms with Crippen LogP contribution in [0.3, 0.4) is 0 Å². The first-order chi connectivity index (χ1) is 9.39. The highest BCUT2D eigenvalue weighted by Crippen LogP contribution is 2.21. The normalized spacial score (nSPS) is 21.3. The fourth-order valence-electron chi connectivity index (χ4n) is 2.61. The maximum atomic E-state index is 12.5. The Kier molecular flexibility index (Phi) is 4.83. The minimum absolute atomic E-state index is 0.0428. The Balaban J connectivity index is 2.17. The third-order valence-electron chi connectivity index (χ3n) is 3.63. The largest absolute Gasteiger partial charge is 0.327 e. The van der Waals surface area contributed by atoms with Crippen molar-refractivity contribution in [2.24, 2.45) is 11.7 Å². The van der Waals surface area contributed by atoms with Gasteiger partial charge < -0.3 is 5.73 Å². The van der Waals surface area contributed by atoms with Crippen molar-refractivity contribution in [1.82, 2.24) is 4.31 Å². The first-order valence-electron chi connectivity index (χ1n) is 7.24. The van der Waals surface area contributed by atoms with Crippen LogP contribution in [0, 0.1) is 5.92 Å². The SMILES string of the molecule is CC(C)Cc1ccc(S(=O)(=O)N2CCCC(N)C2)cc1. The zero-order valence-corrected chi connectivity index (χ0v) is 13.1. The summed E-state index contributed by atoms with van der Waals surface area (Å²) in [6.45, 7) is 5.30. The van der Waals surface area contributed by atoms with E-state index in [4.69, 9.17) is 5.73 Å². The van der Waals surface area contributed by atoms with E-state index in [1.54, 1.807) is 12.1 Å². The molecule has 20 heavy (non-hydrogen) atoms. The van der Waals surface area contributed by atoms with Crippen LogP contribution in [0.5, 0.6) is 0 Å². The van der Waals surface area contributed by atoms with Crippen LogP contribution >= 0.6 is 0 Å². The Morgan fingerprint density at radius 3 is 2.50 bits per heavy atom. The predicted molar refractivity (Wildman–Crippen MR) is 81.0 cm³/mol. The summed E-state index contributed by atoms with van der Waals surface area (Å²) in [7, 11) is -3.39. The molecule has 2 N–H and O–H groups in total. The van der Waals surface area contributed by atoms with E-state index in [0.717, 1.165) is 19.3 Å². The fourth-order valence-corrected chi connectivity index (χ4v) is 4.15. The van der Waals surface area contributed by atoms with Crippen LogP contribution < -0.4 is 5.73 Å². The molecule has 5 heteroatoms. The molecule has 4 nitrogen and oxygen atoms in total. The average molecular weight is 296 g/mol. The number of piperidine rings is 1. The lowest BCUT2D eigenvalue weighted by molar-refractivity contribution is 0.316. The topological polar surface area (TPSA) is 63.4 Å². The molecule has 0 radical (unpaired) electrons.